The summed E-state index contributed by atoms with van der Waals surface area (Å²) in [4.78, 5) is 24.4. The lowest BCUT2D eigenvalue weighted by Gasteiger charge is -2.55. The Bertz CT molecular complexity index is 629. The lowest BCUT2D eigenvalue weighted by molar-refractivity contribution is -0.149. The molecule has 0 aliphatic heterocycles. The average Bonchev–Trinajstić information content (AvgIpc) is 2.60. The molecular weight excluding hydrogens is 314 g/mol. The quantitative estimate of drug-likeness (QED) is 0.863. The summed E-state index contributed by atoms with van der Waals surface area (Å²) in [5.74, 6) is 2.59. The van der Waals surface area contributed by atoms with Crippen molar-refractivity contribution in [3.63, 3.8) is 0 Å². The number of Topliss-reactive ketones (excluding diaryl/α,β-unsaturated/α-hetero) is 1. The zero-order valence-corrected chi connectivity index (χ0v) is 14.9. The van der Waals surface area contributed by atoms with Crippen LogP contribution in [-0.2, 0) is 16.1 Å². The van der Waals surface area contributed by atoms with Gasteiger partial charge in [0.05, 0.1) is 6.61 Å². The first-order chi connectivity index (χ1) is 12.1. The van der Waals surface area contributed by atoms with Gasteiger partial charge in [-0.15, -0.1) is 0 Å². The van der Waals surface area contributed by atoms with Gasteiger partial charge in [0, 0.05) is 18.0 Å². The minimum absolute atomic E-state index is 0.0716. The molecule has 4 saturated carbocycles. The number of hydrogen-bond acceptors (Lipinski definition) is 3. The van der Waals surface area contributed by atoms with Gasteiger partial charge in [-0.3, -0.25) is 9.59 Å². The van der Waals surface area contributed by atoms with E-state index in [4.69, 9.17) is 4.74 Å². The van der Waals surface area contributed by atoms with Gasteiger partial charge in [-0.25, -0.2) is 0 Å². The van der Waals surface area contributed by atoms with E-state index >= 15 is 0 Å². The maximum atomic E-state index is 12.9. The second-order valence-electron chi connectivity index (χ2n) is 8.39. The third kappa shape index (κ3) is 3.24. The molecule has 4 nitrogen and oxygen atoms in total. The van der Waals surface area contributed by atoms with Crippen LogP contribution >= 0.6 is 0 Å². The molecule has 0 spiro atoms. The van der Waals surface area contributed by atoms with Crippen LogP contribution in [0.3, 0.4) is 0 Å². The van der Waals surface area contributed by atoms with Gasteiger partial charge in [0.25, 0.3) is 5.91 Å². The fourth-order valence-corrected chi connectivity index (χ4v) is 5.76. The Hall–Kier alpha value is -1.68. The Balaban J connectivity index is 1.31. The first-order valence-corrected chi connectivity index (χ1v) is 9.50. The molecule has 25 heavy (non-hydrogen) atoms. The summed E-state index contributed by atoms with van der Waals surface area (Å²) in [6.45, 7) is 0.648. The van der Waals surface area contributed by atoms with Crippen LogP contribution in [0.25, 0.3) is 0 Å². The summed E-state index contributed by atoms with van der Waals surface area (Å²) in [6, 6.07) is 7.36. The van der Waals surface area contributed by atoms with Crippen molar-refractivity contribution in [2.24, 2.45) is 23.2 Å². The minimum atomic E-state index is -0.0931. The largest absolute Gasteiger partial charge is 0.369 e. The van der Waals surface area contributed by atoms with E-state index in [0.29, 0.717) is 18.0 Å². The van der Waals surface area contributed by atoms with Gasteiger partial charge in [0.15, 0.2) is 5.78 Å². The van der Waals surface area contributed by atoms with Gasteiger partial charge < -0.3 is 10.1 Å². The third-order valence-electron chi connectivity index (χ3n) is 6.57. The van der Waals surface area contributed by atoms with Crippen LogP contribution in [-0.4, -0.2) is 25.3 Å². The second-order valence-corrected chi connectivity index (χ2v) is 8.39. The predicted molar refractivity (Wildman–Crippen MR) is 95.1 cm³/mol. The number of ether oxygens (including phenoxy) is 1. The molecular formula is C21H27NO3. The first-order valence-electron chi connectivity index (χ1n) is 9.50. The standard InChI is InChI=1S/C21H27NO3/c1-22-20(24)18-4-2-14(3-5-18)12-25-13-19(23)21-9-15-6-16(10-21)8-17(7-15)11-21/h2-5,15-17H,6-13H2,1H3,(H,22,24). The molecule has 1 aromatic carbocycles. The molecule has 4 aliphatic carbocycles. The van der Waals surface area contributed by atoms with Crippen LogP contribution in [0, 0.1) is 23.2 Å². The monoisotopic (exact) mass is 341 g/mol. The number of benzene rings is 1. The van der Waals surface area contributed by atoms with Crippen LogP contribution in [0.1, 0.15) is 54.4 Å². The average molecular weight is 341 g/mol. The van der Waals surface area contributed by atoms with E-state index in [1.165, 1.54) is 19.3 Å². The van der Waals surface area contributed by atoms with Gasteiger partial charge in [-0.05, 0) is 74.0 Å². The van der Waals surface area contributed by atoms with E-state index in [1.54, 1.807) is 19.2 Å². The highest BCUT2D eigenvalue weighted by atomic mass is 16.5. The number of amides is 1. The highest BCUT2D eigenvalue weighted by Crippen LogP contribution is 2.60. The van der Waals surface area contributed by atoms with Crippen LogP contribution in [0.5, 0.6) is 0 Å². The number of rotatable bonds is 6. The maximum absolute atomic E-state index is 12.9. The molecule has 1 N–H and O–H groups in total. The highest BCUT2D eigenvalue weighted by molar-refractivity contribution is 5.93. The topological polar surface area (TPSA) is 55.4 Å². The molecule has 0 heterocycles. The number of carbonyl (C=O) groups excluding carboxylic acids is 2. The summed E-state index contributed by atoms with van der Waals surface area (Å²) in [5, 5.41) is 2.61. The molecule has 134 valence electrons. The van der Waals surface area contributed by atoms with E-state index in [2.05, 4.69) is 5.32 Å². The lowest BCUT2D eigenvalue weighted by atomic mass is 9.48. The molecule has 0 saturated heterocycles. The molecule has 0 aromatic heterocycles. The predicted octanol–water partition coefficient (Wildman–Crippen LogP) is 3.35. The highest BCUT2D eigenvalue weighted by Gasteiger charge is 2.54. The van der Waals surface area contributed by atoms with E-state index in [-0.39, 0.29) is 17.9 Å². The van der Waals surface area contributed by atoms with Crippen LogP contribution < -0.4 is 5.32 Å². The zero-order valence-electron chi connectivity index (χ0n) is 14.9. The van der Waals surface area contributed by atoms with Crippen LogP contribution in [0.15, 0.2) is 24.3 Å². The van der Waals surface area contributed by atoms with Crippen molar-refractivity contribution in [2.45, 2.75) is 45.1 Å². The molecule has 0 atom stereocenters. The lowest BCUT2D eigenvalue weighted by Crippen LogP contribution is -2.51. The number of nitrogens with one attached hydrogen (secondary N) is 1. The summed E-state index contributed by atoms with van der Waals surface area (Å²) in [7, 11) is 1.62. The van der Waals surface area contributed by atoms with Crippen molar-refractivity contribution in [2.75, 3.05) is 13.7 Å². The fraction of sp³-hybridized carbons (Fsp3) is 0.619. The van der Waals surface area contributed by atoms with E-state index < -0.39 is 0 Å². The molecule has 1 amide bonds. The molecule has 5 rings (SSSR count). The van der Waals surface area contributed by atoms with E-state index in [0.717, 1.165) is 42.6 Å². The molecule has 0 unspecified atom stereocenters. The second kappa shape index (κ2) is 6.56. The van der Waals surface area contributed by atoms with Crippen molar-refractivity contribution >= 4 is 11.7 Å². The molecule has 4 heteroatoms. The minimum Gasteiger partial charge on any atom is -0.369 e. The summed E-state index contributed by atoms with van der Waals surface area (Å²) < 4.78 is 5.75. The Morgan fingerprint density at radius 1 is 1.04 bits per heavy atom. The molecule has 1 aromatic rings. The van der Waals surface area contributed by atoms with E-state index in [9.17, 15) is 9.59 Å². The number of ketones is 1. The Kier molecular flexibility index (Phi) is 4.40. The van der Waals surface area contributed by atoms with Crippen molar-refractivity contribution in [1.82, 2.24) is 5.32 Å². The van der Waals surface area contributed by atoms with Crippen LogP contribution in [0.4, 0.5) is 0 Å². The van der Waals surface area contributed by atoms with Crippen molar-refractivity contribution in [3.05, 3.63) is 35.4 Å². The Morgan fingerprint density at radius 2 is 1.60 bits per heavy atom. The first kappa shape index (κ1) is 16.8. The Labute approximate surface area is 149 Å². The van der Waals surface area contributed by atoms with Crippen molar-refractivity contribution in [1.29, 1.82) is 0 Å². The maximum Gasteiger partial charge on any atom is 0.251 e. The smallest absolute Gasteiger partial charge is 0.251 e. The normalized spacial score (nSPS) is 32.6. The van der Waals surface area contributed by atoms with Gasteiger partial charge in [-0.2, -0.15) is 0 Å². The van der Waals surface area contributed by atoms with Gasteiger partial charge in [-0.1, -0.05) is 12.1 Å². The SMILES string of the molecule is CNC(=O)c1ccc(COCC(=O)C23CC4CC(CC(C4)C2)C3)cc1. The molecule has 4 fully saturated rings. The summed E-state index contributed by atoms with van der Waals surface area (Å²) in [5.41, 5.74) is 1.56. The van der Waals surface area contributed by atoms with Crippen molar-refractivity contribution in [3.8, 4) is 0 Å². The van der Waals surface area contributed by atoms with Gasteiger partial charge in [0.1, 0.15) is 6.61 Å². The molecule has 0 radical (unpaired) electrons. The zero-order chi connectivity index (χ0) is 17.4. The van der Waals surface area contributed by atoms with E-state index in [1.807, 2.05) is 12.1 Å². The number of carbonyl (C=O) groups is 2. The third-order valence-corrected chi connectivity index (χ3v) is 6.57. The summed E-state index contributed by atoms with van der Waals surface area (Å²) >= 11 is 0. The van der Waals surface area contributed by atoms with Crippen LogP contribution in [0.2, 0.25) is 0 Å². The molecule has 4 bridgehead atoms. The van der Waals surface area contributed by atoms with Crippen molar-refractivity contribution < 1.29 is 14.3 Å². The summed E-state index contributed by atoms with van der Waals surface area (Å²) in [6.07, 6.45) is 7.35. The number of hydrogen-bond donors (Lipinski definition) is 1. The van der Waals surface area contributed by atoms with Gasteiger partial charge >= 0.3 is 0 Å². The molecule has 4 aliphatic rings. The van der Waals surface area contributed by atoms with Gasteiger partial charge in [0.2, 0.25) is 0 Å². The Morgan fingerprint density at radius 3 is 2.12 bits per heavy atom. The fourth-order valence-electron chi connectivity index (χ4n) is 5.76.